The first-order valence-corrected chi connectivity index (χ1v) is 8.38. The molecule has 0 spiro atoms. The molecule has 2 aromatic heterocycles. The maximum Gasteiger partial charge on any atom is 0.373 e. The number of rotatable bonds is 3. The molecule has 2 aromatic rings. The first-order valence-electron chi connectivity index (χ1n) is 7.50. The second-order valence-corrected chi connectivity index (χ2v) is 7.06. The maximum absolute atomic E-state index is 12.3. The Morgan fingerprint density at radius 3 is 3.17 bits per heavy atom. The average molecular weight is 336 g/mol. The van der Waals surface area contributed by atoms with E-state index in [4.69, 9.17) is 4.74 Å². The van der Waals surface area contributed by atoms with Crippen molar-refractivity contribution in [1.29, 1.82) is 0 Å². The van der Waals surface area contributed by atoms with Gasteiger partial charge in [-0.2, -0.15) is 9.38 Å². The van der Waals surface area contributed by atoms with Crippen LogP contribution in [0.2, 0.25) is 0 Å². The number of thiazole rings is 1. The van der Waals surface area contributed by atoms with Crippen LogP contribution < -0.4 is 4.90 Å². The van der Waals surface area contributed by atoms with Crippen LogP contribution in [0.25, 0.3) is 4.96 Å². The molecule has 2 fully saturated rings. The minimum Gasteiger partial charge on any atom is -0.469 e. The van der Waals surface area contributed by atoms with Crippen LogP contribution in [0, 0.1) is 21.4 Å². The molecule has 8 nitrogen and oxygen atoms in total. The number of nitro groups is 1. The van der Waals surface area contributed by atoms with E-state index in [-0.39, 0.29) is 17.7 Å². The normalized spacial score (nSPS) is 26.7. The van der Waals surface area contributed by atoms with Gasteiger partial charge in [0.05, 0.1) is 12.5 Å². The first kappa shape index (κ1) is 14.4. The van der Waals surface area contributed by atoms with Gasteiger partial charge in [0.1, 0.15) is 6.20 Å². The SMILES string of the molecule is COC(=O)C12CCCC1CN(c1nc3sccn3c1[N+](=O)[O-])C2. The molecular weight excluding hydrogens is 320 g/mol. The van der Waals surface area contributed by atoms with Gasteiger partial charge in [0.2, 0.25) is 5.82 Å². The lowest BCUT2D eigenvalue weighted by Gasteiger charge is -2.25. The molecule has 3 heterocycles. The molecule has 1 saturated heterocycles. The van der Waals surface area contributed by atoms with E-state index in [0.29, 0.717) is 23.9 Å². The Bertz CT molecular complexity index is 800. The van der Waals surface area contributed by atoms with E-state index in [0.717, 1.165) is 19.3 Å². The van der Waals surface area contributed by atoms with Gasteiger partial charge in [0.15, 0.2) is 0 Å². The number of hydrogen-bond donors (Lipinski definition) is 0. The number of nitrogens with zero attached hydrogens (tertiary/aromatic N) is 4. The van der Waals surface area contributed by atoms with Crippen molar-refractivity contribution >= 4 is 33.9 Å². The number of methoxy groups -OCH3 is 1. The Balaban J connectivity index is 1.76. The highest BCUT2D eigenvalue weighted by Crippen LogP contribution is 2.51. The molecule has 2 unspecified atom stereocenters. The number of fused-ring (bicyclic) bond motifs is 2. The van der Waals surface area contributed by atoms with Gasteiger partial charge < -0.3 is 19.8 Å². The molecule has 4 rings (SSSR count). The smallest absolute Gasteiger partial charge is 0.373 e. The van der Waals surface area contributed by atoms with Crippen molar-refractivity contribution in [1.82, 2.24) is 9.38 Å². The molecule has 1 saturated carbocycles. The highest BCUT2D eigenvalue weighted by atomic mass is 32.1. The number of aromatic nitrogens is 2. The van der Waals surface area contributed by atoms with Gasteiger partial charge in [0, 0.05) is 18.5 Å². The minimum atomic E-state index is -0.542. The third-order valence-corrected chi connectivity index (χ3v) is 5.91. The number of carbonyl (C=O) groups excluding carboxylic acids is 1. The number of carbonyl (C=O) groups is 1. The van der Waals surface area contributed by atoms with Crippen LogP contribution in [-0.4, -0.2) is 40.5 Å². The van der Waals surface area contributed by atoms with E-state index < -0.39 is 10.3 Å². The van der Waals surface area contributed by atoms with Crippen LogP contribution in [0.5, 0.6) is 0 Å². The van der Waals surface area contributed by atoms with Gasteiger partial charge >= 0.3 is 11.8 Å². The van der Waals surface area contributed by atoms with E-state index in [1.807, 2.05) is 4.90 Å². The summed E-state index contributed by atoms with van der Waals surface area (Å²) in [6.45, 7) is 1.05. The highest BCUT2D eigenvalue weighted by molar-refractivity contribution is 7.15. The fourth-order valence-corrected chi connectivity index (χ4v) is 4.84. The summed E-state index contributed by atoms with van der Waals surface area (Å²) in [5.74, 6) is 0.307. The van der Waals surface area contributed by atoms with Crippen LogP contribution in [0.3, 0.4) is 0 Å². The van der Waals surface area contributed by atoms with E-state index in [9.17, 15) is 14.9 Å². The van der Waals surface area contributed by atoms with E-state index in [2.05, 4.69) is 4.98 Å². The Morgan fingerprint density at radius 1 is 1.61 bits per heavy atom. The lowest BCUT2D eigenvalue weighted by atomic mass is 9.81. The molecule has 0 aromatic carbocycles. The molecule has 9 heteroatoms. The summed E-state index contributed by atoms with van der Waals surface area (Å²) < 4.78 is 6.52. The van der Waals surface area contributed by atoms with Crippen molar-refractivity contribution < 1.29 is 14.5 Å². The van der Waals surface area contributed by atoms with Crippen molar-refractivity contribution in [2.24, 2.45) is 11.3 Å². The van der Waals surface area contributed by atoms with Gasteiger partial charge in [-0.15, -0.1) is 0 Å². The predicted octanol–water partition coefficient (Wildman–Crippen LogP) is 2.08. The molecule has 0 radical (unpaired) electrons. The first-order chi connectivity index (χ1) is 11.1. The summed E-state index contributed by atoms with van der Waals surface area (Å²) in [6.07, 6.45) is 4.37. The van der Waals surface area contributed by atoms with Gasteiger partial charge in [-0.25, -0.2) is 0 Å². The van der Waals surface area contributed by atoms with E-state index in [1.165, 1.54) is 22.8 Å². The summed E-state index contributed by atoms with van der Waals surface area (Å²) in [5.41, 5.74) is -0.542. The van der Waals surface area contributed by atoms with Crippen molar-refractivity contribution in [3.8, 4) is 0 Å². The lowest BCUT2D eigenvalue weighted by molar-refractivity contribution is -0.389. The van der Waals surface area contributed by atoms with Crippen molar-refractivity contribution in [3.05, 3.63) is 21.7 Å². The summed E-state index contributed by atoms with van der Waals surface area (Å²) in [4.78, 5) is 30.3. The Hall–Kier alpha value is -2.16. The zero-order valence-corrected chi connectivity index (χ0v) is 13.4. The van der Waals surface area contributed by atoms with Crippen LogP contribution >= 0.6 is 11.3 Å². The standard InChI is InChI=1S/C14H16N4O4S/c1-22-12(19)14-4-2-3-9(14)7-16(8-14)10-11(18(20)21)17-5-6-23-13(17)15-10/h5-6,9H,2-4,7-8H2,1H3. The van der Waals surface area contributed by atoms with Crippen LogP contribution in [0.15, 0.2) is 11.6 Å². The van der Waals surface area contributed by atoms with Crippen LogP contribution in [0.1, 0.15) is 19.3 Å². The second-order valence-electron chi connectivity index (χ2n) is 6.19. The fourth-order valence-electron chi connectivity index (χ4n) is 4.13. The summed E-state index contributed by atoms with van der Waals surface area (Å²) in [6, 6.07) is 0. The van der Waals surface area contributed by atoms with Gasteiger partial charge in [0.25, 0.3) is 4.96 Å². The second kappa shape index (κ2) is 4.92. The summed E-state index contributed by atoms with van der Waals surface area (Å²) >= 11 is 1.36. The maximum atomic E-state index is 12.3. The average Bonchev–Trinajstić information content (AvgIpc) is 3.22. The number of anilines is 1. The molecular formula is C14H16N4O4S. The summed E-state index contributed by atoms with van der Waals surface area (Å²) in [5, 5.41) is 13.3. The number of imidazole rings is 1. The van der Waals surface area contributed by atoms with E-state index >= 15 is 0 Å². The minimum absolute atomic E-state index is 0.0266. The molecule has 0 N–H and O–H groups in total. The van der Waals surface area contributed by atoms with Crippen LogP contribution in [-0.2, 0) is 9.53 Å². The molecule has 0 amide bonds. The van der Waals surface area contributed by atoms with E-state index in [1.54, 1.807) is 11.6 Å². The zero-order chi connectivity index (χ0) is 16.2. The molecule has 1 aliphatic carbocycles. The topological polar surface area (TPSA) is 90.0 Å². The highest BCUT2D eigenvalue weighted by Gasteiger charge is 2.56. The third kappa shape index (κ3) is 1.89. The largest absolute Gasteiger partial charge is 0.469 e. The summed E-state index contributed by atoms with van der Waals surface area (Å²) in [7, 11) is 1.41. The molecule has 2 aliphatic rings. The van der Waals surface area contributed by atoms with Crippen molar-refractivity contribution in [2.75, 3.05) is 25.1 Å². The molecule has 23 heavy (non-hydrogen) atoms. The third-order valence-electron chi connectivity index (χ3n) is 5.15. The zero-order valence-electron chi connectivity index (χ0n) is 12.6. The lowest BCUT2D eigenvalue weighted by Crippen LogP contribution is -2.37. The molecule has 2 atom stereocenters. The molecule has 1 aliphatic heterocycles. The Morgan fingerprint density at radius 2 is 2.43 bits per heavy atom. The predicted molar refractivity (Wildman–Crippen MR) is 83.7 cm³/mol. The van der Waals surface area contributed by atoms with Crippen LogP contribution in [0.4, 0.5) is 11.6 Å². The van der Waals surface area contributed by atoms with Crippen molar-refractivity contribution in [2.45, 2.75) is 19.3 Å². The van der Waals surface area contributed by atoms with Crippen molar-refractivity contribution in [3.63, 3.8) is 0 Å². The Kier molecular flexibility index (Phi) is 3.09. The number of hydrogen-bond acceptors (Lipinski definition) is 7. The van der Waals surface area contributed by atoms with Gasteiger partial charge in [-0.05, 0) is 23.7 Å². The molecule has 122 valence electrons. The Labute approximate surface area is 135 Å². The number of ether oxygens (including phenoxy) is 1. The number of esters is 1. The van der Waals surface area contributed by atoms with Gasteiger partial charge in [-0.3, -0.25) is 4.79 Å². The quantitative estimate of drug-likeness (QED) is 0.484. The fraction of sp³-hybridized carbons (Fsp3) is 0.571. The molecule has 0 bridgehead atoms. The van der Waals surface area contributed by atoms with Gasteiger partial charge in [-0.1, -0.05) is 17.8 Å². The monoisotopic (exact) mass is 336 g/mol.